The van der Waals surface area contributed by atoms with E-state index in [0.29, 0.717) is 17.7 Å². The van der Waals surface area contributed by atoms with Gasteiger partial charge in [0.1, 0.15) is 0 Å². The zero-order valence-corrected chi connectivity index (χ0v) is 9.74. The Balaban J connectivity index is 3.18. The fraction of sp³-hybridized carbons (Fsp3) is 0.182. The standard InChI is InChI=1S/C11H10N2O3S/c12-11(14)9-5-8(3-1-2-4-17)6-10(7-9)13(15)16/h5-7,17H,2,4H2,(H2,12,14). The highest BCUT2D eigenvalue weighted by atomic mass is 32.1. The fourth-order valence-electron chi connectivity index (χ4n) is 1.15. The number of hydrogen-bond acceptors (Lipinski definition) is 4. The lowest BCUT2D eigenvalue weighted by Gasteiger charge is -1.98. The third-order valence-electron chi connectivity index (χ3n) is 1.88. The van der Waals surface area contributed by atoms with Crippen molar-refractivity contribution in [2.24, 2.45) is 5.73 Å². The molecule has 0 radical (unpaired) electrons. The number of nitrogens with two attached hydrogens (primary N) is 1. The first-order chi connectivity index (χ1) is 8.04. The number of benzene rings is 1. The Bertz CT molecular complexity index is 485. The molecule has 1 amide bonds. The van der Waals surface area contributed by atoms with Crippen LogP contribution in [0.3, 0.4) is 0 Å². The van der Waals surface area contributed by atoms with Gasteiger partial charge in [-0.15, -0.1) is 0 Å². The van der Waals surface area contributed by atoms with Gasteiger partial charge in [-0.05, 0) is 6.07 Å². The van der Waals surface area contributed by atoms with Crippen molar-refractivity contribution in [2.75, 3.05) is 5.75 Å². The number of nitro groups is 1. The van der Waals surface area contributed by atoms with Crippen LogP contribution in [0.2, 0.25) is 0 Å². The van der Waals surface area contributed by atoms with Crippen LogP contribution < -0.4 is 5.73 Å². The maximum absolute atomic E-state index is 11.0. The molecule has 17 heavy (non-hydrogen) atoms. The molecule has 0 bridgehead atoms. The van der Waals surface area contributed by atoms with Gasteiger partial charge in [0.05, 0.1) is 4.92 Å². The first kappa shape index (κ1) is 13.1. The first-order valence-corrected chi connectivity index (χ1v) is 5.37. The van der Waals surface area contributed by atoms with Crippen LogP contribution in [-0.4, -0.2) is 16.6 Å². The van der Waals surface area contributed by atoms with Crippen molar-refractivity contribution in [1.29, 1.82) is 0 Å². The van der Waals surface area contributed by atoms with E-state index in [9.17, 15) is 14.9 Å². The number of thiol groups is 1. The maximum atomic E-state index is 11.0. The lowest BCUT2D eigenvalue weighted by atomic mass is 10.1. The van der Waals surface area contributed by atoms with Gasteiger partial charge >= 0.3 is 0 Å². The average Bonchev–Trinajstić information content (AvgIpc) is 2.29. The third kappa shape index (κ3) is 3.81. The van der Waals surface area contributed by atoms with Crippen LogP contribution in [0.1, 0.15) is 22.3 Å². The predicted octanol–water partition coefficient (Wildman–Crippen LogP) is 1.37. The summed E-state index contributed by atoms with van der Waals surface area (Å²) < 4.78 is 0. The van der Waals surface area contributed by atoms with Gasteiger partial charge in [0.2, 0.25) is 5.91 Å². The van der Waals surface area contributed by atoms with Gasteiger partial charge in [-0.2, -0.15) is 12.6 Å². The van der Waals surface area contributed by atoms with Gasteiger partial charge < -0.3 is 5.73 Å². The predicted molar refractivity (Wildman–Crippen MR) is 67.0 cm³/mol. The Morgan fingerprint density at radius 1 is 1.47 bits per heavy atom. The summed E-state index contributed by atoms with van der Waals surface area (Å²) in [5.74, 6) is 5.39. The minimum absolute atomic E-state index is 0.0781. The Morgan fingerprint density at radius 2 is 2.18 bits per heavy atom. The molecule has 0 aliphatic carbocycles. The maximum Gasteiger partial charge on any atom is 0.271 e. The van der Waals surface area contributed by atoms with E-state index >= 15 is 0 Å². The quantitative estimate of drug-likeness (QED) is 0.367. The number of non-ortho nitro benzene ring substituents is 1. The molecule has 1 rings (SSSR count). The van der Waals surface area contributed by atoms with Gasteiger partial charge in [0.25, 0.3) is 5.69 Å². The van der Waals surface area contributed by atoms with Crippen LogP contribution in [0.15, 0.2) is 18.2 Å². The highest BCUT2D eigenvalue weighted by Gasteiger charge is 2.11. The van der Waals surface area contributed by atoms with E-state index in [1.165, 1.54) is 12.1 Å². The number of nitrogens with zero attached hydrogens (tertiary/aromatic N) is 1. The summed E-state index contributed by atoms with van der Waals surface area (Å²) in [5, 5.41) is 10.7. The molecule has 0 unspecified atom stereocenters. The highest BCUT2D eigenvalue weighted by Crippen LogP contribution is 2.16. The highest BCUT2D eigenvalue weighted by molar-refractivity contribution is 7.80. The second-order valence-corrected chi connectivity index (χ2v) is 3.61. The number of amides is 1. The molecule has 2 N–H and O–H groups in total. The van der Waals surface area contributed by atoms with Crippen LogP contribution in [0.5, 0.6) is 0 Å². The second kappa shape index (κ2) is 5.92. The SMILES string of the molecule is NC(=O)c1cc(C#CCCS)cc([N+](=O)[O-])c1. The molecule has 0 heterocycles. The number of carbonyl (C=O) groups excluding carboxylic acids is 1. The Kier molecular flexibility index (Phi) is 4.55. The van der Waals surface area contributed by atoms with Crippen molar-refractivity contribution < 1.29 is 9.72 Å². The normalized spacial score (nSPS) is 9.24. The number of rotatable bonds is 3. The van der Waals surface area contributed by atoms with Crippen molar-refractivity contribution in [2.45, 2.75) is 6.42 Å². The van der Waals surface area contributed by atoms with E-state index in [2.05, 4.69) is 24.5 Å². The van der Waals surface area contributed by atoms with E-state index in [0.717, 1.165) is 6.07 Å². The summed E-state index contributed by atoms with van der Waals surface area (Å²) in [7, 11) is 0. The van der Waals surface area contributed by atoms with E-state index < -0.39 is 10.8 Å². The summed E-state index contributed by atoms with van der Waals surface area (Å²) in [6, 6.07) is 3.87. The van der Waals surface area contributed by atoms with Crippen LogP contribution in [0.25, 0.3) is 0 Å². The van der Waals surface area contributed by atoms with Crippen molar-refractivity contribution in [3.05, 3.63) is 39.4 Å². The molecule has 0 aliphatic heterocycles. The Morgan fingerprint density at radius 3 is 2.71 bits per heavy atom. The molecule has 88 valence electrons. The molecule has 0 aromatic heterocycles. The molecule has 0 atom stereocenters. The Hall–Kier alpha value is -2.00. The third-order valence-corrected chi connectivity index (χ3v) is 2.11. The fourth-order valence-corrected chi connectivity index (χ4v) is 1.26. The summed E-state index contributed by atoms with van der Waals surface area (Å²) in [6.45, 7) is 0. The molecule has 0 saturated carbocycles. The zero-order valence-electron chi connectivity index (χ0n) is 8.84. The second-order valence-electron chi connectivity index (χ2n) is 3.17. The number of nitro benzene ring substituents is 1. The minimum Gasteiger partial charge on any atom is -0.366 e. The number of hydrogen-bond donors (Lipinski definition) is 2. The van der Waals surface area contributed by atoms with Crippen LogP contribution >= 0.6 is 12.6 Å². The van der Waals surface area contributed by atoms with Gasteiger partial charge in [0.15, 0.2) is 0 Å². The van der Waals surface area contributed by atoms with Crippen molar-refractivity contribution >= 4 is 24.2 Å². The molecular formula is C11H10N2O3S. The van der Waals surface area contributed by atoms with Gasteiger partial charge in [-0.3, -0.25) is 14.9 Å². The monoisotopic (exact) mass is 250 g/mol. The van der Waals surface area contributed by atoms with Gasteiger partial charge in [-0.25, -0.2) is 0 Å². The van der Waals surface area contributed by atoms with E-state index in [1.807, 2.05) is 0 Å². The molecule has 1 aromatic carbocycles. The molecule has 0 fully saturated rings. The van der Waals surface area contributed by atoms with E-state index in [1.54, 1.807) is 0 Å². The number of primary amides is 1. The molecule has 5 nitrogen and oxygen atoms in total. The lowest BCUT2D eigenvalue weighted by molar-refractivity contribution is -0.384. The Labute approximate surface area is 104 Å². The average molecular weight is 250 g/mol. The lowest BCUT2D eigenvalue weighted by Crippen LogP contribution is -2.11. The zero-order chi connectivity index (χ0) is 12.8. The molecular weight excluding hydrogens is 240 g/mol. The molecule has 0 saturated heterocycles. The van der Waals surface area contributed by atoms with E-state index in [4.69, 9.17) is 5.73 Å². The summed E-state index contributed by atoms with van der Waals surface area (Å²) in [5.41, 5.74) is 5.36. The molecule has 1 aromatic rings. The van der Waals surface area contributed by atoms with Crippen molar-refractivity contribution in [1.82, 2.24) is 0 Å². The van der Waals surface area contributed by atoms with Crippen molar-refractivity contribution in [3.63, 3.8) is 0 Å². The van der Waals surface area contributed by atoms with Crippen LogP contribution in [-0.2, 0) is 0 Å². The summed E-state index contributed by atoms with van der Waals surface area (Å²) in [6.07, 6.45) is 0.567. The minimum atomic E-state index is -0.717. The van der Waals surface area contributed by atoms with Crippen LogP contribution in [0, 0.1) is 22.0 Å². The summed E-state index contributed by atoms with van der Waals surface area (Å²) in [4.78, 5) is 21.1. The topological polar surface area (TPSA) is 86.2 Å². The van der Waals surface area contributed by atoms with Gasteiger partial charge in [-0.1, -0.05) is 11.8 Å². The van der Waals surface area contributed by atoms with Crippen molar-refractivity contribution in [3.8, 4) is 11.8 Å². The largest absolute Gasteiger partial charge is 0.366 e. The first-order valence-electron chi connectivity index (χ1n) is 4.73. The smallest absolute Gasteiger partial charge is 0.271 e. The molecule has 0 spiro atoms. The van der Waals surface area contributed by atoms with Gasteiger partial charge in [0, 0.05) is 35.4 Å². The summed E-state index contributed by atoms with van der Waals surface area (Å²) >= 11 is 3.99. The number of carbonyl (C=O) groups is 1. The molecule has 6 heteroatoms. The van der Waals surface area contributed by atoms with E-state index in [-0.39, 0.29) is 11.3 Å². The molecule has 0 aliphatic rings. The van der Waals surface area contributed by atoms with Crippen LogP contribution in [0.4, 0.5) is 5.69 Å².